The second-order valence-corrected chi connectivity index (χ2v) is 5.01. The van der Waals surface area contributed by atoms with Gasteiger partial charge in [0, 0.05) is 7.11 Å². The van der Waals surface area contributed by atoms with E-state index in [1.165, 1.54) is 26.4 Å². The lowest BCUT2D eigenvalue weighted by molar-refractivity contribution is -0.152. The summed E-state index contributed by atoms with van der Waals surface area (Å²) in [4.78, 5) is 22.6. The number of aliphatic carboxylic acids is 1. The molecular weight excluding hydrogens is 260 g/mol. The number of rotatable bonds is 13. The highest BCUT2D eigenvalue weighted by Gasteiger charge is 2.21. The van der Waals surface area contributed by atoms with Crippen molar-refractivity contribution in [2.24, 2.45) is 5.92 Å². The summed E-state index contributed by atoms with van der Waals surface area (Å²) in [7, 11) is 1.52. The first-order valence-corrected chi connectivity index (χ1v) is 7.49. The third kappa shape index (κ3) is 10.8. The largest absolute Gasteiger partial charge is 0.481 e. The summed E-state index contributed by atoms with van der Waals surface area (Å²) < 4.78 is 9.66. The number of esters is 1. The van der Waals surface area contributed by atoms with Crippen molar-refractivity contribution in [1.82, 2.24) is 0 Å². The van der Waals surface area contributed by atoms with Crippen LogP contribution in [-0.2, 0) is 19.1 Å². The van der Waals surface area contributed by atoms with Crippen LogP contribution in [0.5, 0.6) is 0 Å². The van der Waals surface area contributed by atoms with Gasteiger partial charge in [0.1, 0.15) is 6.61 Å². The summed E-state index contributed by atoms with van der Waals surface area (Å²) in [6.07, 6.45) is 7.15. The van der Waals surface area contributed by atoms with Crippen molar-refractivity contribution in [3.05, 3.63) is 0 Å². The highest BCUT2D eigenvalue weighted by molar-refractivity contribution is 5.78. The molecule has 0 spiro atoms. The Morgan fingerprint density at radius 2 is 1.70 bits per heavy atom. The molecule has 118 valence electrons. The van der Waals surface area contributed by atoms with E-state index in [1.54, 1.807) is 0 Å². The van der Waals surface area contributed by atoms with Crippen LogP contribution in [0, 0.1) is 5.92 Å². The predicted octanol–water partition coefficient (Wildman–Crippen LogP) is 3.02. The van der Waals surface area contributed by atoms with E-state index in [0.717, 1.165) is 19.3 Å². The Hall–Kier alpha value is -1.10. The monoisotopic (exact) mass is 288 g/mol. The number of methoxy groups -OCH3 is 1. The Balaban J connectivity index is 3.81. The fourth-order valence-corrected chi connectivity index (χ4v) is 1.98. The first-order valence-electron chi connectivity index (χ1n) is 7.49. The lowest BCUT2D eigenvalue weighted by Crippen LogP contribution is -2.20. The molecule has 0 aliphatic heterocycles. The molecule has 0 aliphatic rings. The Morgan fingerprint density at radius 1 is 1.05 bits per heavy atom. The SMILES string of the molecule is CCCCCCCCC(CC(=O)OCCOC)C(=O)O. The van der Waals surface area contributed by atoms with Gasteiger partial charge in [0.2, 0.25) is 0 Å². The quantitative estimate of drug-likeness (QED) is 0.416. The van der Waals surface area contributed by atoms with Gasteiger partial charge in [-0.1, -0.05) is 45.4 Å². The lowest BCUT2D eigenvalue weighted by atomic mass is 9.97. The standard InChI is InChI=1S/C15H28O5/c1-3-4-5-6-7-8-9-13(15(17)18)12-14(16)20-11-10-19-2/h13H,3-12H2,1-2H3,(H,17,18). The number of carboxylic acid groups (broad SMARTS) is 1. The van der Waals surface area contributed by atoms with Gasteiger partial charge in [-0.3, -0.25) is 9.59 Å². The molecule has 0 heterocycles. The Labute approximate surface area is 121 Å². The van der Waals surface area contributed by atoms with E-state index in [1.807, 2.05) is 0 Å². The molecule has 0 rings (SSSR count). The summed E-state index contributed by atoms with van der Waals surface area (Å²) in [6, 6.07) is 0. The van der Waals surface area contributed by atoms with Crippen molar-refractivity contribution in [2.45, 2.75) is 58.3 Å². The van der Waals surface area contributed by atoms with Gasteiger partial charge < -0.3 is 14.6 Å². The van der Waals surface area contributed by atoms with E-state index in [9.17, 15) is 9.59 Å². The Morgan fingerprint density at radius 3 is 2.30 bits per heavy atom. The van der Waals surface area contributed by atoms with Gasteiger partial charge in [0.15, 0.2) is 0 Å². The average molecular weight is 288 g/mol. The summed E-state index contributed by atoms with van der Waals surface area (Å²) in [5.74, 6) is -2.00. The summed E-state index contributed by atoms with van der Waals surface area (Å²) >= 11 is 0. The normalized spacial score (nSPS) is 12.1. The lowest BCUT2D eigenvalue weighted by Gasteiger charge is -2.11. The van der Waals surface area contributed by atoms with Crippen molar-refractivity contribution in [2.75, 3.05) is 20.3 Å². The van der Waals surface area contributed by atoms with E-state index in [4.69, 9.17) is 14.6 Å². The zero-order chi connectivity index (χ0) is 15.2. The van der Waals surface area contributed by atoms with Crippen molar-refractivity contribution in [3.63, 3.8) is 0 Å². The molecular formula is C15H28O5. The molecule has 0 aromatic rings. The van der Waals surface area contributed by atoms with Crippen LogP contribution in [0.25, 0.3) is 0 Å². The van der Waals surface area contributed by atoms with Crippen molar-refractivity contribution >= 4 is 11.9 Å². The predicted molar refractivity (Wildman–Crippen MR) is 76.6 cm³/mol. The van der Waals surface area contributed by atoms with Gasteiger partial charge >= 0.3 is 11.9 Å². The van der Waals surface area contributed by atoms with E-state index in [0.29, 0.717) is 13.0 Å². The molecule has 5 nitrogen and oxygen atoms in total. The van der Waals surface area contributed by atoms with Crippen LogP contribution in [-0.4, -0.2) is 37.4 Å². The molecule has 0 aromatic heterocycles. The number of unbranched alkanes of at least 4 members (excludes halogenated alkanes) is 5. The molecule has 0 bridgehead atoms. The van der Waals surface area contributed by atoms with Crippen LogP contribution >= 0.6 is 0 Å². The summed E-state index contributed by atoms with van der Waals surface area (Å²) in [6.45, 7) is 2.68. The van der Waals surface area contributed by atoms with Crippen LogP contribution in [0.3, 0.4) is 0 Å². The third-order valence-electron chi connectivity index (χ3n) is 3.22. The van der Waals surface area contributed by atoms with Gasteiger partial charge in [0.25, 0.3) is 0 Å². The van der Waals surface area contributed by atoms with Gasteiger partial charge in [-0.05, 0) is 6.42 Å². The smallest absolute Gasteiger partial charge is 0.307 e. The molecule has 0 aromatic carbocycles. The van der Waals surface area contributed by atoms with Gasteiger partial charge in [-0.15, -0.1) is 0 Å². The zero-order valence-corrected chi connectivity index (χ0v) is 12.7. The van der Waals surface area contributed by atoms with Crippen LogP contribution in [0.2, 0.25) is 0 Å². The minimum absolute atomic E-state index is 0.0476. The van der Waals surface area contributed by atoms with Gasteiger partial charge in [-0.25, -0.2) is 0 Å². The second kappa shape index (κ2) is 12.9. The average Bonchev–Trinajstić information content (AvgIpc) is 2.41. The number of hydrogen-bond donors (Lipinski definition) is 1. The summed E-state index contributed by atoms with van der Waals surface area (Å²) in [5.41, 5.74) is 0. The molecule has 1 unspecified atom stereocenters. The first kappa shape index (κ1) is 18.9. The molecule has 0 saturated heterocycles. The van der Waals surface area contributed by atoms with Crippen molar-refractivity contribution in [3.8, 4) is 0 Å². The Bertz CT molecular complexity index is 265. The maximum Gasteiger partial charge on any atom is 0.307 e. The fraction of sp³-hybridized carbons (Fsp3) is 0.867. The zero-order valence-electron chi connectivity index (χ0n) is 12.7. The molecule has 0 fully saturated rings. The molecule has 1 atom stereocenters. The number of hydrogen-bond acceptors (Lipinski definition) is 4. The van der Waals surface area contributed by atoms with E-state index in [-0.39, 0.29) is 13.0 Å². The van der Waals surface area contributed by atoms with Crippen LogP contribution in [0.1, 0.15) is 58.3 Å². The summed E-state index contributed by atoms with van der Waals surface area (Å²) in [5, 5.41) is 9.10. The molecule has 1 N–H and O–H groups in total. The number of carbonyl (C=O) groups excluding carboxylic acids is 1. The minimum Gasteiger partial charge on any atom is -0.481 e. The number of ether oxygens (including phenoxy) is 2. The second-order valence-electron chi connectivity index (χ2n) is 5.01. The maximum atomic E-state index is 11.5. The molecule has 0 saturated carbocycles. The maximum absolute atomic E-state index is 11.5. The topological polar surface area (TPSA) is 72.8 Å². The fourth-order valence-electron chi connectivity index (χ4n) is 1.98. The Kier molecular flexibility index (Phi) is 12.2. The highest BCUT2D eigenvalue weighted by Crippen LogP contribution is 2.16. The van der Waals surface area contributed by atoms with Crippen molar-refractivity contribution < 1.29 is 24.2 Å². The van der Waals surface area contributed by atoms with Gasteiger partial charge in [-0.2, -0.15) is 0 Å². The van der Waals surface area contributed by atoms with E-state index < -0.39 is 17.9 Å². The van der Waals surface area contributed by atoms with Crippen LogP contribution in [0.15, 0.2) is 0 Å². The number of carboxylic acids is 1. The van der Waals surface area contributed by atoms with Gasteiger partial charge in [0.05, 0.1) is 18.9 Å². The van der Waals surface area contributed by atoms with Crippen LogP contribution in [0.4, 0.5) is 0 Å². The first-order chi connectivity index (χ1) is 9.61. The minimum atomic E-state index is -0.915. The van der Waals surface area contributed by atoms with E-state index >= 15 is 0 Å². The highest BCUT2D eigenvalue weighted by atomic mass is 16.6. The molecule has 5 heteroatoms. The van der Waals surface area contributed by atoms with Crippen molar-refractivity contribution in [1.29, 1.82) is 0 Å². The molecule has 20 heavy (non-hydrogen) atoms. The van der Waals surface area contributed by atoms with E-state index in [2.05, 4.69) is 6.92 Å². The molecule has 0 radical (unpaired) electrons. The molecule has 0 aliphatic carbocycles. The third-order valence-corrected chi connectivity index (χ3v) is 3.22. The molecule has 0 amide bonds. The number of carbonyl (C=O) groups is 2. The van der Waals surface area contributed by atoms with Crippen LogP contribution < -0.4 is 0 Å².